The molecule has 0 aromatic heterocycles. The molecule has 3 fully saturated rings. The molecule has 2 aliphatic heterocycles. The SMILES string of the molecule is CC12CCCN1/C(=C\C#N)C1(CCCCC1)O2. The summed E-state index contributed by atoms with van der Waals surface area (Å²) in [6.07, 6.45) is 9.95. The summed E-state index contributed by atoms with van der Waals surface area (Å²) in [6, 6.07) is 2.23. The highest BCUT2D eigenvalue weighted by Gasteiger charge is 2.56. The number of rotatable bonds is 0. The van der Waals surface area contributed by atoms with Crippen LogP contribution in [0, 0.1) is 11.3 Å². The molecule has 1 saturated carbocycles. The van der Waals surface area contributed by atoms with Crippen LogP contribution in [0.25, 0.3) is 0 Å². The van der Waals surface area contributed by atoms with Gasteiger partial charge in [0.25, 0.3) is 0 Å². The predicted molar refractivity (Wildman–Crippen MR) is 64.9 cm³/mol. The molecule has 2 heterocycles. The van der Waals surface area contributed by atoms with Crippen molar-refractivity contribution in [2.75, 3.05) is 6.54 Å². The van der Waals surface area contributed by atoms with Gasteiger partial charge in [0, 0.05) is 12.6 Å². The lowest BCUT2D eigenvalue weighted by Gasteiger charge is -2.34. The van der Waals surface area contributed by atoms with E-state index in [4.69, 9.17) is 10.00 Å². The first kappa shape index (κ1) is 11.1. The zero-order chi connectivity index (χ0) is 11.9. The molecule has 0 aromatic carbocycles. The fourth-order valence-corrected chi connectivity index (χ4v) is 3.89. The van der Waals surface area contributed by atoms with Crippen LogP contribution >= 0.6 is 0 Å². The van der Waals surface area contributed by atoms with Gasteiger partial charge in [-0.1, -0.05) is 19.3 Å². The Morgan fingerprint density at radius 2 is 2.00 bits per heavy atom. The molecule has 1 aliphatic carbocycles. The zero-order valence-corrected chi connectivity index (χ0v) is 10.5. The maximum Gasteiger partial charge on any atom is 0.139 e. The molecule has 0 aromatic rings. The zero-order valence-electron chi connectivity index (χ0n) is 10.5. The Morgan fingerprint density at radius 1 is 1.24 bits per heavy atom. The van der Waals surface area contributed by atoms with Crippen LogP contribution in [0.2, 0.25) is 0 Å². The number of allylic oxidation sites excluding steroid dienone is 1. The average molecular weight is 232 g/mol. The van der Waals surface area contributed by atoms with Gasteiger partial charge in [0.2, 0.25) is 0 Å². The van der Waals surface area contributed by atoms with Gasteiger partial charge in [0.05, 0.1) is 11.8 Å². The van der Waals surface area contributed by atoms with E-state index in [1.54, 1.807) is 6.08 Å². The molecule has 3 rings (SSSR count). The lowest BCUT2D eigenvalue weighted by Crippen LogP contribution is -2.36. The third-order valence-electron chi connectivity index (χ3n) is 4.63. The Bertz CT molecular complexity index is 390. The second-order valence-corrected chi connectivity index (χ2v) is 5.75. The van der Waals surface area contributed by atoms with Crippen LogP contribution in [0.5, 0.6) is 0 Å². The molecule has 1 atom stereocenters. The number of nitriles is 1. The van der Waals surface area contributed by atoms with Crippen molar-refractivity contribution in [1.29, 1.82) is 5.26 Å². The van der Waals surface area contributed by atoms with Gasteiger partial charge in [-0.2, -0.15) is 5.26 Å². The molecular weight excluding hydrogens is 212 g/mol. The van der Waals surface area contributed by atoms with E-state index in [9.17, 15) is 0 Å². The summed E-state index contributed by atoms with van der Waals surface area (Å²) in [4.78, 5) is 2.35. The summed E-state index contributed by atoms with van der Waals surface area (Å²) >= 11 is 0. The first-order chi connectivity index (χ1) is 8.20. The van der Waals surface area contributed by atoms with Crippen molar-refractivity contribution < 1.29 is 4.74 Å². The molecule has 3 nitrogen and oxygen atoms in total. The summed E-state index contributed by atoms with van der Waals surface area (Å²) in [7, 11) is 0. The van der Waals surface area contributed by atoms with Gasteiger partial charge in [-0.05, 0) is 32.6 Å². The normalized spacial score (nSPS) is 37.4. The lowest BCUT2D eigenvalue weighted by molar-refractivity contribution is -0.127. The quantitative estimate of drug-likeness (QED) is 0.602. The van der Waals surface area contributed by atoms with Crippen LogP contribution < -0.4 is 0 Å². The summed E-state index contributed by atoms with van der Waals surface area (Å²) in [5, 5.41) is 9.04. The van der Waals surface area contributed by atoms with Crippen LogP contribution in [-0.4, -0.2) is 22.8 Å². The maximum atomic E-state index is 9.04. The minimum absolute atomic E-state index is 0.136. The highest BCUT2D eigenvalue weighted by Crippen LogP contribution is 2.53. The summed E-state index contributed by atoms with van der Waals surface area (Å²) in [5.41, 5.74) is 0.892. The molecule has 3 heteroatoms. The number of fused-ring (bicyclic) bond motifs is 1. The Hall–Kier alpha value is -1.01. The van der Waals surface area contributed by atoms with E-state index in [1.807, 2.05) is 0 Å². The van der Waals surface area contributed by atoms with E-state index in [1.165, 1.54) is 31.4 Å². The van der Waals surface area contributed by atoms with Crippen molar-refractivity contribution in [2.45, 2.75) is 63.2 Å². The Labute approximate surface area is 103 Å². The minimum Gasteiger partial charge on any atom is -0.344 e. The molecule has 0 N–H and O–H groups in total. The van der Waals surface area contributed by atoms with Gasteiger partial charge >= 0.3 is 0 Å². The number of hydrogen-bond acceptors (Lipinski definition) is 3. The predicted octanol–water partition coefficient (Wildman–Crippen LogP) is 2.94. The first-order valence-electron chi connectivity index (χ1n) is 6.78. The fourth-order valence-electron chi connectivity index (χ4n) is 3.89. The molecule has 2 saturated heterocycles. The number of hydrogen-bond donors (Lipinski definition) is 0. The summed E-state index contributed by atoms with van der Waals surface area (Å²) < 4.78 is 6.47. The van der Waals surface area contributed by atoms with Crippen molar-refractivity contribution in [3.63, 3.8) is 0 Å². The smallest absolute Gasteiger partial charge is 0.139 e. The first-order valence-corrected chi connectivity index (χ1v) is 6.78. The van der Waals surface area contributed by atoms with E-state index >= 15 is 0 Å². The van der Waals surface area contributed by atoms with Gasteiger partial charge in [0.1, 0.15) is 11.3 Å². The molecule has 0 radical (unpaired) electrons. The Balaban J connectivity index is 2.00. The maximum absolute atomic E-state index is 9.04. The molecule has 3 aliphatic rings. The van der Waals surface area contributed by atoms with Gasteiger partial charge in [-0.25, -0.2) is 0 Å². The van der Waals surface area contributed by atoms with Gasteiger partial charge in [-0.3, -0.25) is 0 Å². The minimum atomic E-state index is -0.139. The molecule has 92 valence electrons. The van der Waals surface area contributed by atoms with Gasteiger partial charge in [0.15, 0.2) is 0 Å². The van der Waals surface area contributed by atoms with Gasteiger partial charge < -0.3 is 9.64 Å². The molecule has 1 spiro atoms. The monoisotopic (exact) mass is 232 g/mol. The highest BCUT2D eigenvalue weighted by atomic mass is 16.6. The van der Waals surface area contributed by atoms with E-state index in [0.29, 0.717) is 0 Å². The summed E-state index contributed by atoms with van der Waals surface area (Å²) in [5.74, 6) is 0. The van der Waals surface area contributed by atoms with Crippen LogP contribution in [-0.2, 0) is 4.74 Å². The number of ether oxygens (including phenoxy) is 1. The lowest BCUT2D eigenvalue weighted by atomic mass is 9.82. The third-order valence-corrected chi connectivity index (χ3v) is 4.63. The molecule has 0 amide bonds. The Morgan fingerprint density at radius 3 is 2.71 bits per heavy atom. The number of nitrogens with zero attached hydrogens (tertiary/aromatic N) is 2. The van der Waals surface area contributed by atoms with Crippen LogP contribution in [0.1, 0.15) is 51.9 Å². The van der Waals surface area contributed by atoms with Crippen molar-refractivity contribution in [3.05, 3.63) is 11.8 Å². The van der Waals surface area contributed by atoms with E-state index < -0.39 is 0 Å². The largest absolute Gasteiger partial charge is 0.344 e. The Kier molecular flexibility index (Phi) is 2.45. The second-order valence-electron chi connectivity index (χ2n) is 5.75. The van der Waals surface area contributed by atoms with Crippen LogP contribution in [0.3, 0.4) is 0 Å². The fraction of sp³-hybridized carbons (Fsp3) is 0.786. The van der Waals surface area contributed by atoms with E-state index in [-0.39, 0.29) is 11.3 Å². The van der Waals surface area contributed by atoms with Crippen molar-refractivity contribution >= 4 is 0 Å². The van der Waals surface area contributed by atoms with Crippen molar-refractivity contribution in [2.24, 2.45) is 0 Å². The van der Waals surface area contributed by atoms with E-state index in [2.05, 4.69) is 17.9 Å². The van der Waals surface area contributed by atoms with Crippen molar-refractivity contribution in [3.8, 4) is 6.07 Å². The van der Waals surface area contributed by atoms with Crippen LogP contribution in [0.4, 0.5) is 0 Å². The molecule has 1 unspecified atom stereocenters. The molecule has 17 heavy (non-hydrogen) atoms. The second kappa shape index (κ2) is 3.74. The average Bonchev–Trinajstić information content (AvgIpc) is 2.76. The van der Waals surface area contributed by atoms with Crippen molar-refractivity contribution in [1.82, 2.24) is 4.90 Å². The summed E-state index contributed by atoms with van der Waals surface area (Å²) in [6.45, 7) is 3.24. The standard InChI is InChI=1S/C14H20N2O/c1-13-7-5-11-16(13)12(6-10-15)14(17-13)8-3-2-4-9-14/h6H,2-5,7-9,11H2,1H3/b12-6-. The highest BCUT2D eigenvalue weighted by molar-refractivity contribution is 5.29. The van der Waals surface area contributed by atoms with Gasteiger partial charge in [-0.15, -0.1) is 0 Å². The van der Waals surface area contributed by atoms with Crippen LogP contribution in [0.15, 0.2) is 11.8 Å². The third kappa shape index (κ3) is 1.51. The van der Waals surface area contributed by atoms with E-state index in [0.717, 1.165) is 25.8 Å². The topological polar surface area (TPSA) is 36.3 Å². The molecular formula is C14H20N2O. The molecule has 0 bridgehead atoms.